The predicted octanol–water partition coefficient (Wildman–Crippen LogP) is 1.97. The number of halogens is 3. The molecule has 0 saturated carbocycles. The topological polar surface area (TPSA) is 49.8 Å². The first-order valence-electron chi connectivity index (χ1n) is 6.45. The summed E-state index contributed by atoms with van der Waals surface area (Å²) in [6, 6.07) is 9.00. The molecule has 118 valence electrons. The number of benzene rings is 1. The zero-order valence-electron chi connectivity index (χ0n) is 11.6. The number of alkyl halides is 3. The molecule has 0 aliphatic carbocycles. The zero-order chi connectivity index (χ0) is 15.9. The third-order valence-electron chi connectivity index (χ3n) is 2.74. The Morgan fingerprint density at radius 3 is 2.48 bits per heavy atom. The van der Waals surface area contributed by atoms with Gasteiger partial charge in [-0.15, -0.1) is 0 Å². The number of aliphatic hydroxyl groups is 1. The predicted molar refractivity (Wildman–Crippen MR) is 70.4 cm³/mol. The molecule has 1 atom stereocenters. The molecule has 7 heteroatoms. The Kier molecular flexibility index (Phi) is 6.64. The average Bonchev–Trinajstić information content (AvgIpc) is 2.43. The number of aliphatic hydroxyl groups excluding tert-OH is 1. The van der Waals surface area contributed by atoms with Gasteiger partial charge in [-0.2, -0.15) is 13.2 Å². The summed E-state index contributed by atoms with van der Waals surface area (Å²) in [6.07, 6.45) is -5.52. The molecule has 0 bridgehead atoms. The molecule has 1 aromatic rings. The molecular formula is C14H18F3NO3. The van der Waals surface area contributed by atoms with E-state index in [-0.39, 0.29) is 13.2 Å². The molecule has 0 radical (unpaired) electrons. The molecule has 0 aliphatic rings. The maximum absolute atomic E-state index is 12.4. The molecule has 0 aliphatic heterocycles. The van der Waals surface area contributed by atoms with E-state index in [9.17, 15) is 18.0 Å². The first-order valence-corrected chi connectivity index (χ1v) is 6.45. The lowest BCUT2D eigenvalue weighted by atomic mass is 10.2. The Morgan fingerprint density at radius 2 is 1.95 bits per heavy atom. The number of carbonyl (C=O) groups is 1. The number of ether oxygens (including phenoxy) is 1. The Balaban J connectivity index is 2.57. The minimum Gasteiger partial charge on any atom is -0.395 e. The average molecular weight is 305 g/mol. The van der Waals surface area contributed by atoms with Gasteiger partial charge in [-0.3, -0.25) is 4.79 Å². The Labute approximate surface area is 121 Å². The molecular weight excluding hydrogens is 287 g/mol. The van der Waals surface area contributed by atoms with Crippen LogP contribution in [-0.2, 0) is 16.1 Å². The minimum absolute atomic E-state index is 0.132. The standard InChI is InChI=1S/C14H18F3NO3/c1-11(21-9-12-5-3-2-4-6-12)13(20)18(7-8-19)10-14(15,16)17/h2-6,11,19H,7-10H2,1H3. The molecule has 1 amide bonds. The highest BCUT2D eigenvalue weighted by atomic mass is 19.4. The lowest BCUT2D eigenvalue weighted by Crippen LogP contribution is -2.45. The quantitative estimate of drug-likeness (QED) is 0.838. The van der Waals surface area contributed by atoms with Crippen molar-refractivity contribution in [1.29, 1.82) is 0 Å². The van der Waals surface area contributed by atoms with Crippen molar-refractivity contribution in [1.82, 2.24) is 4.90 Å². The molecule has 0 spiro atoms. The van der Waals surface area contributed by atoms with Crippen LogP contribution in [-0.4, -0.2) is 47.9 Å². The first kappa shape index (κ1) is 17.5. The maximum atomic E-state index is 12.4. The fourth-order valence-corrected chi connectivity index (χ4v) is 1.73. The highest BCUT2D eigenvalue weighted by Gasteiger charge is 2.34. The smallest absolute Gasteiger partial charge is 0.395 e. The van der Waals surface area contributed by atoms with Gasteiger partial charge >= 0.3 is 6.18 Å². The van der Waals surface area contributed by atoms with Gasteiger partial charge in [0.15, 0.2) is 0 Å². The van der Waals surface area contributed by atoms with Gasteiger partial charge in [0.1, 0.15) is 12.6 Å². The van der Waals surface area contributed by atoms with Gasteiger partial charge in [0.25, 0.3) is 5.91 Å². The highest BCUT2D eigenvalue weighted by molar-refractivity contribution is 5.80. The van der Waals surface area contributed by atoms with E-state index >= 15 is 0 Å². The van der Waals surface area contributed by atoms with E-state index < -0.39 is 31.3 Å². The van der Waals surface area contributed by atoms with Crippen LogP contribution in [0.15, 0.2) is 30.3 Å². The van der Waals surface area contributed by atoms with Crippen LogP contribution < -0.4 is 0 Å². The van der Waals surface area contributed by atoms with Crippen LogP contribution in [0.3, 0.4) is 0 Å². The van der Waals surface area contributed by atoms with Gasteiger partial charge in [-0.25, -0.2) is 0 Å². The second-order valence-electron chi connectivity index (χ2n) is 4.54. The second kappa shape index (κ2) is 7.99. The van der Waals surface area contributed by atoms with Crippen molar-refractivity contribution in [2.75, 3.05) is 19.7 Å². The number of nitrogens with zero attached hydrogens (tertiary/aromatic N) is 1. The van der Waals surface area contributed by atoms with E-state index in [1.807, 2.05) is 6.07 Å². The Morgan fingerprint density at radius 1 is 1.33 bits per heavy atom. The maximum Gasteiger partial charge on any atom is 0.406 e. The van der Waals surface area contributed by atoms with E-state index in [1.54, 1.807) is 24.3 Å². The van der Waals surface area contributed by atoms with E-state index in [4.69, 9.17) is 9.84 Å². The highest BCUT2D eigenvalue weighted by Crippen LogP contribution is 2.17. The van der Waals surface area contributed by atoms with Crippen molar-refractivity contribution in [3.8, 4) is 0 Å². The van der Waals surface area contributed by atoms with E-state index in [0.717, 1.165) is 5.56 Å². The fraction of sp³-hybridized carbons (Fsp3) is 0.500. The zero-order valence-corrected chi connectivity index (χ0v) is 11.6. The summed E-state index contributed by atoms with van der Waals surface area (Å²) in [5.41, 5.74) is 0.821. The number of hydrogen-bond donors (Lipinski definition) is 1. The van der Waals surface area contributed by atoms with E-state index in [1.165, 1.54) is 6.92 Å². The molecule has 1 unspecified atom stereocenters. The van der Waals surface area contributed by atoms with Gasteiger partial charge in [0, 0.05) is 6.54 Å². The summed E-state index contributed by atoms with van der Waals surface area (Å²) in [5, 5.41) is 8.77. The largest absolute Gasteiger partial charge is 0.406 e. The number of amides is 1. The molecule has 21 heavy (non-hydrogen) atoms. The van der Waals surface area contributed by atoms with Gasteiger partial charge in [-0.1, -0.05) is 30.3 Å². The Bertz CT molecular complexity index is 437. The van der Waals surface area contributed by atoms with Crippen molar-refractivity contribution in [2.45, 2.75) is 25.8 Å². The SMILES string of the molecule is CC(OCc1ccccc1)C(=O)N(CCO)CC(F)(F)F. The van der Waals surface area contributed by atoms with Crippen LogP contribution in [0, 0.1) is 0 Å². The molecule has 4 nitrogen and oxygen atoms in total. The summed E-state index contributed by atoms with van der Waals surface area (Å²) in [6.45, 7) is -0.783. The van der Waals surface area contributed by atoms with Crippen LogP contribution >= 0.6 is 0 Å². The van der Waals surface area contributed by atoms with Crippen LogP contribution in [0.25, 0.3) is 0 Å². The normalized spacial score (nSPS) is 13.0. The lowest BCUT2D eigenvalue weighted by Gasteiger charge is -2.26. The summed E-state index contributed by atoms with van der Waals surface area (Å²) in [5.74, 6) is -0.794. The third-order valence-corrected chi connectivity index (χ3v) is 2.74. The third kappa shape index (κ3) is 6.59. The molecule has 1 aromatic carbocycles. The van der Waals surface area contributed by atoms with E-state index in [0.29, 0.717) is 4.90 Å². The van der Waals surface area contributed by atoms with Crippen molar-refractivity contribution in [2.24, 2.45) is 0 Å². The van der Waals surface area contributed by atoms with Crippen molar-refractivity contribution in [3.05, 3.63) is 35.9 Å². The molecule has 0 saturated heterocycles. The van der Waals surface area contributed by atoms with Crippen molar-refractivity contribution < 1.29 is 27.8 Å². The molecule has 0 heterocycles. The van der Waals surface area contributed by atoms with Crippen LogP contribution in [0.4, 0.5) is 13.2 Å². The van der Waals surface area contributed by atoms with Crippen LogP contribution in [0.5, 0.6) is 0 Å². The number of hydrogen-bond acceptors (Lipinski definition) is 3. The van der Waals surface area contributed by atoms with Gasteiger partial charge in [0.2, 0.25) is 0 Å². The summed E-state index contributed by atoms with van der Waals surface area (Å²) >= 11 is 0. The number of carbonyl (C=O) groups excluding carboxylic acids is 1. The van der Waals surface area contributed by atoms with Crippen LogP contribution in [0.2, 0.25) is 0 Å². The van der Waals surface area contributed by atoms with Gasteiger partial charge in [-0.05, 0) is 12.5 Å². The van der Waals surface area contributed by atoms with Gasteiger partial charge in [0.05, 0.1) is 13.2 Å². The molecule has 0 aromatic heterocycles. The molecule has 1 rings (SSSR count). The van der Waals surface area contributed by atoms with Crippen LogP contribution in [0.1, 0.15) is 12.5 Å². The van der Waals surface area contributed by atoms with Crippen molar-refractivity contribution in [3.63, 3.8) is 0 Å². The lowest BCUT2D eigenvalue weighted by molar-refractivity contribution is -0.169. The van der Waals surface area contributed by atoms with Crippen molar-refractivity contribution >= 4 is 5.91 Å². The summed E-state index contributed by atoms with van der Waals surface area (Å²) < 4.78 is 42.5. The molecule has 0 fully saturated rings. The number of rotatable bonds is 7. The minimum atomic E-state index is -4.51. The second-order valence-corrected chi connectivity index (χ2v) is 4.54. The summed E-state index contributed by atoms with van der Waals surface area (Å²) in [4.78, 5) is 12.5. The van der Waals surface area contributed by atoms with Gasteiger partial charge < -0.3 is 14.7 Å². The first-order chi connectivity index (χ1) is 9.83. The fourth-order valence-electron chi connectivity index (χ4n) is 1.73. The molecule has 1 N–H and O–H groups in total. The summed E-state index contributed by atoms with van der Waals surface area (Å²) in [7, 11) is 0. The monoisotopic (exact) mass is 305 g/mol. The Hall–Kier alpha value is -1.60. The van der Waals surface area contributed by atoms with E-state index in [2.05, 4.69) is 0 Å².